The minimum absolute atomic E-state index is 0.131. The lowest BCUT2D eigenvalue weighted by atomic mass is 10.1. The predicted molar refractivity (Wildman–Crippen MR) is 94.7 cm³/mol. The summed E-state index contributed by atoms with van der Waals surface area (Å²) in [6.07, 6.45) is 8.72. The van der Waals surface area contributed by atoms with Crippen molar-refractivity contribution in [1.29, 1.82) is 0 Å². The van der Waals surface area contributed by atoms with E-state index in [1.165, 1.54) is 0 Å². The number of carbonyl (C=O) groups is 1. The van der Waals surface area contributed by atoms with Crippen molar-refractivity contribution >= 4 is 5.91 Å². The van der Waals surface area contributed by atoms with Gasteiger partial charge in [-0.05, 0) is 18.6 Å². The average Bonchev–Trinajstić information content (AvgIpc) is 3.16. The first-order valence-electron chi connectivity index (χ1n) is 8.79. The van der Waals surface area contributed by atoms with Crippen LogP contribution < -0.4 is 9.47 Å². The second-order valence-corrected chi connectivity index (χ2v) is 6.25. The molecule has 3 rings (SSSR count). The molecule has 1 aliphatic rings. The van der Waals surface area contributed by atoms with Gasteiger partial charge < -0.3 is 18.9 Å². The van der Waals surface area contributed by atoms with Gasteiger partial charge in [-0.1, -0.05) is 12.1 Å². The zero-order chi connectivity index (χ0) is 17.5. The standard InChI is InChI=1S/C19H25N3O3/c1-24-17-5-2-3-6-18(17)25-16-8-12-22(13-9-16)19(23)7-4-11-21-14-10-20-15-21/h2-3,5-6,10,14-16H,4,7-9,11-13H2,1H3. The van der Waals surface area contributed by atoms with Gasteiger partial charge in [0.25, 0.3) is 0 Å². The molecule has 134 valence electrons. The molecule has 2 aromatic rings. The Kier molecular flexibility index (Phi) is 5.93. The van der Waals surface area contributed by atoms with Crippen molar-refractivity contribution in [3.05, 3.63) is 43.0 Å². The normalized spacial score (nSPS) is 15.2. The Morgan fingerprint density at radius 2 is 2.00 bits per heavy atom. The largest absolute Gasteiger partial charge is 0.493 e. The smallest absolute Gasteiger partial charge is 0.222 e. The van der Waals surface area contributed by atoms with E-state index < -0.39 is 0 Å². The minimum Gasteiger partial charge on any atom is -0.493 e. The summed E-state index contributed by atoms with van der Waals surface area (Å²) >= 11 is 0. The topological polar surface area (TPSA) is 56.6 Å². The lowest BCUT2D eigenvalue weighted by Crippen LogP contribution is -2.41. The summed E-state index contributed by atoms with van der Waals surface area (Å²) < 4.78 is 13.4. The zero-order valence-electron chi connectivity index (χ0n) is 14.6. The molecular weight excluding hydrogens is 318 g/mol. The molecule has 25 heavy (non-hydrogen) atoms. The summed E-state index contributed by atoms with van der Waals surface area (Å²) in [6, 6.07) is 7.69. The molecule has 0 saturated carbocycles. The van der Waals surface area contributed by atoms with Crippen LogP contribution in [0.5, 0.6) is 11.5 Å². The highest BCUT2D eigenvalue weighted by atomic mass is 16.5. The molecule has 0 atom stereocenters. The molecule has 0 bridgehead atoms. The predicted octanol–water partition coefficient (Wildman–Crippen LogP) is 2.74. The summed E-state index contributed by atoms with van der Waals surface area (Å²) in [6.45, 7) is 2.34. The van der Waals surface area contributed by atoms with Gasteiger partial charge in [-0.3, -0.25) is 4.79 Å². The third-order valence-corrected chi connectivity index (χ3v) is 4.52. The molecule has 0 N–H and O–H groups in total. The van der Waals surface area contributed by atoms with Gasteiger partial charge in [0, 0.05) is 51.3 Å². The van der Waals surface area contributed by atoms with Gasteiger partial charge in [-0.25, -0.2) is 4.98 Å². The van der Waals surface area contributed by atoms with Gasteiger partial charge in [-0.15, -0.1) is 0 Å². The maximum Gasteiger partial charge on any atom is 0.222 e. The number of piperidine rings is 1. The summed E-state index contributed by atoms with van der Waals surface area (Å²) in [5.74, 6) is 1.76. The SMILES string of the molecule is COc1ccccc1OC1CCN(C(=O)CCCn2ccnc2)CC1. The third kappa shape index (κ3) is 4.75. The summed E-state index contributed by atoms with van der Waals surface area (Å²) in [5, 5.41) is 0. The lowest BCUT2D eigenvalue weighted by Gasteiger charge is -2.32. The number of amides is 1. The van der Waals surface area contributed by atoms with E-state index in [1.54, 1.807) is 19.6 Å². The first-order valence-corrected chi connectivity index (χ1v) is 8.79. The van der Waals surface area contributed by atoms with E-state index in [1.807, 2.05) is 39.9 Å². The number of aromatic nitrogens is 2. The highest BCUT2D eigenvalue weighted by molar-refractivity contribution is 5.76. The Morgan fingerprint density at radius 1 is 1.24 bits per heavy atom. The highest BCUT2D eigenvalue weighted by Gasteiger charge is 2.24. The van der Waals surface area contributed by atoms with Crippen LogP contribution in [0.2, 0.25) is 0 Å². The van der Waals surface area contributed by atoms with E-state index in [4.69, 9.17) is 9.47 Å². The number of nitrogens with zero attached hydrogens (tertiary/aromatic N) is 3. The Labute approximate surface area is 148 Å². The second-order valence-electron chi connectivity index (χ2n) is 6.25. The maximum atomic E-state index is 12.3. The molecule has 2 heterocycles. The van der Waals surface area contributed by atoms with E-state index in [0.717, 1.165) is 50.4 Å². The third-order valence-electron chi connectivity index (χ3n) is 4.52. The number of hydrogen-bond acceptors (Lipinski definition) is 4. The average molecular weight is 343 g/mol. The number of imidazole rings is 1. The quantitative estimate of drug-likeness (QED) is 0.776. The second kappa shape index (κ2) is 8.55. The number of likely N-dealkylation sites (tertiary alicyclic amines) is 1. The van der Waals surface area contributed by atoms with Crippen molar-refractivity contribution in [2.75, 3.05) is 20.2 Å². The molecule has 1 aliphatic heterocycles. The van der Waals surface area contributed by atoms with Crippen molar-refractivity contribution in [2.24, 2.45) is 0 Å². The molecule has 0 radical (unpaired) electrons. The van der Waals surface area contributed by atoms with Gasteiger partial charge in [0.1, 0.15) is 6.10 Å². The number of hydrogen-bond donors (Lipinski definition) is 0. The lowest BCUT2D eigenvalue weighted by molar-refractivity contribution is -0.133. The van der Waals surface area contributed by atoms with Crippen LogP contribution >= 0.6 is 0 Å². The fourth-order valence-electron chi connectivity index (χ4n) is 3.11. The van der Waals surface area contributed by atoms with E-state index in [2.05, 4.69) is 4.98 Å². The number of ether oxygens (including phenoxy) is 2. The minimum atomic E-state index is 0.131. The fourth-order valence-corrected chi connectivity index (χ4v) is 3.11. The molecule has 0 spiro atoms. The van der Waals surface area contributed by atoms with Gasteiger partial charge in [-0.2, -0.15) is 0 Å². The first-order chi connectivity index (χ1) is 12.3. The van der Waals surface area contributed by atoms with Crippen molar-refractivity contribution in [2.45, 2.75) is 38.3 Å². The summed E-state index contributed by atoms with van der Waals surface area (Å²) in [5.41, 5.74) is 0. The Balaban J connectivity index is 1.41. The van der Waals surface area contributed by atoms with E-state index in [0.29, 0.717) is 6.42 Å². The van der Waals surface area contributed by atoms with Gasteiger partial charge in [0.2, 0.25) is 5.91 Å². The van der Waals surface area contributed by atoms with Gasteiger partial charge >= 0.3 is 0 Å². The number of benzene rings is 1. The van der Waals surface area contributed by atoms with Crippen LogP contribution in [-0.4, -0.2) is 46.7 Å². The van der Waals surface area contributed by atoms with Crippen molar-refractivity contribution in [3.8, 4) is 11.5 Å². The Bertz CT molecular complexity index is 664. The van der Waals surface area contributed by atoms with Crippen LogP contribution in [0.1, 0.15) is 25.7 Å². The van der Waals surface area contributed by atoms with Crippen LogP contribution in [0.15, 0.2) is 43.0 Å². The summed E-state index contributed by atoms with van der Waals surface area (Å²) in [7, 11) is 1.65. The number of carbonyl (C=O) groups excluding carboxylic acids is 1. The van der Waals surface area contributed by atoms with Gasteiger partial charge in [0.15, 0.2) is 11.5 Å². The molecule has 1 saturated heterocycles. The molecule has 6 nitrogen and oxygen atoms in total. The number of aryl methyl sites for hydroxylation is 1. The van der Waals surface area contributed by atoms with Crippen molar-refractivity contribution in [3.63, 3.8) is 0 Å². The Morgan fingerprint density at radius 3 is 2.68 bits per heavy atom. The van der Waals surface area contributed by atoms with Crippen LogP contribution in [0.25, 0.3) is 0 Å². The molecule has 1 amide bonds. The summed E-state index contributed by atoms with van der Waals surface area (Å²) in [4.78, 5) is 18.3. The molecular formula is C19H25N3O3. The highest BCUT2D eigenvalue weighted by Crippen LogP contribution is 2.29. The zero-order valence-corrected chi connectivity index (χ0v) is 14.6. The maximum absolute atomic E-state index is 12.3. The van der Waals surface area contributed by atoms with Crippen LogP contribution in [0.4, 0.5) is 0 Å². The van der Waals surface area contributed by atoms with Crippen LogP contribution in [0.3, 0.4) is 0 Å². The van der Waals surface area contributed by atoms with Crippen molar-refractivity contribution < 1.29 is 14.3 Å². The van der Waals surface area contributed by atoms with Gasteiger partial charge in [0.05, 0.1) is 13.4 Å². The number of para-hydroxylation sites is 2. The Hall–Kier alpha value is -2.50. The van der Waals surface area contributed by atoms with Crippen LogP contribution in [-0.2, 0) is 11.3 Å². The molecule has 1 aromatic heterocycles. The molecule has 6 heteroatoms. The van der Waals surface area contributed by atoms with Crippen LogP contribution in [0, 0.1) is 0 Å². The van der Waals surface area contributed by atoms with E-state index >= 15 is 0 Å². The van der Waals surface area contributed by atoms with E-state index in [-0.39, 0.29) is 12.0 Å². The molecule has 1 aromatic carbocycles. The van der Waals surface area contributed by atoms with Crippen molar-refractivity contribution in [1.82, 2.24) is 14.5 Å². The molecule has 1 fully saturated rings. The number of methoxy groups -OCH3 is 1. The number of rotatable bonds is 7. The monoisotopic (exact) mass is 343 g/mol. The first kappa shape index (κ1) is 17.3. The fraction of sp³-hybridized carbons (Fsp3) is 0.474. The molecule has 0 unspecified atom stereocenters. The molecule has 0 aliphatic carbocycles. The van der Waals surface area contributed by atoms with E-state index in [9.17, 15) is 4.79 Å².